The number of rotatable bonds is 5. The minimum atomic E-state index is -1.05. The van der Waals surface area contributed by atoms with Gasteiger partial charge in [0.05, 0.1) is 6.10 Å². The molecular formula is C7H16N2O3. The Morgan fingerprint density at radius 3 is 2.42 bits per heavy atom. The summed E-state index contributed by atoms with van der Waals surface area (Å²) < 4.78 is 0. The Kier molecular flexibility index (Phi) is 4.80. The lowest BCUT2D eigenvalue weighted by Crippen LogP contribution is -2.39. The van der Waals surface area contributed by atoms with E-state index in [1.165, 1.54) is 0 Å². The number of aliphatic hydroxyl groups is 1. The molecule has 0 rings (SSSR count). The van der Waals surface area contributed by atoms with Gasteiger partial charge in [-0.1, -0.05) is 6.92 Å². The van der Waals surface area contributed by atoms with Crippen LogP contribution in [0.4, 0.5) is 0 Å². The number of aliphatic carboxylic acids is 1. The Hall–Kier alpha value is -0.650. The Labute approximate surface area is 71.4 Å². The zero-order chi connectivity index (χ0) is 9.72. The third kappa shape index (κ3) is 3.66. The topological polar surface area (TPSA) is 110 Å². The number of nitrogens with two attached hydrogens (primary N) is 2. The van der Waals surface area contributed by atoms with Crippen molar-refractivity contribution in [1.29, 1.82) is 0 Å². The van der Waals surface area contributed by atoms with Crippen molar-refractivity contribution in [2.24, 2.45) is 17.4 Å². The molecule has 5 nitrogen and oxygen atoms in total. The van der Waals surface area contributed by atoms with Crippen LogP contribution in [0.1, 0.15) is 13.3 Å². The predicted molar refractivity (Wildman–Crippen MR) is 44.5 cm³/mol. The van der Waals surface area contributed by atoms with Gasteiger partial charge in [-0.05, 0) is 12.3 Å². The molecule has 6 N–H and O–H groups in total. The average Bonchev–Trinajstić information content (AvgIpc) is 2.02. The fraction of sp³-hybridized carbons (Fsp3) is 0.857. The summed E-state index contributed by atoms with van der Waals surface area (Å²) in [6, 6.07) is -0.925. The van der Waals surface area contributed by atoms with Crippen molar-refractivity contribution < 1.29 is 15.0 Å². The third-order valence-electron chi connectivity index (χ3n) is 1.81. The summed E-state index contributed by atoms with van der Waals surface area (Å²) in [5.41, 5.74) is 10.5. The van der Waals surface area contributed by atoms with Gasteiger partial charge in [-0.2, -0.15) is 0 Å². The van der Waals surface area contributed by atoms with E-state index in [1.54, 1.807) is 6.92 Å². The minimum Gasteiger partial charge on any atom is -0.480 e. The molecule has 0 amide bonds. The zero-order valence-corrected chi connectivity index (χ0v) is 7.10. The monoisotopic (exact) mass is 176 g/mol. The molecule has 0 bridgehead atoms. The zero-order valence-electron chi connectivity index (χ0n) is 7.10. The van der Waals surface area contributed by atoms with Crippen molar-refractivity contribution in [1.82, 2.24) is 0 Å². The molecule has 0 aromatic carbocycles. The summed E-state index contributed by atoms with van der Waals surface area (Å²) >= 11 is 0. The molecule has 0 aliphatic rings. The van der Waals surface area contributed by atoms with Crippen LogP contribution in [0.2, 0.25) is 0 Å². The summed E-state index contributed by atoms with van der Waals surface area (Å²) in [5.74, 6) is -1.31. The van der Waals surface area contributed by atoms with Crippen LogP contribution in [0.15, 0.2) is 0 Å². The highest BCUT2D eigenvalue weighted by Gasteiger charge is 2.21. The first kappa shape index (κ1) is 11.4. The molecule has 3 atom stereocenters. The number of aliphatic hydroxyl groups excluding tert-OH is 1. The van der Waals surface area contributed by atoms with Gasteiger partial charge in [0.2, 0.25) is 0 Å². The first-order valence-electron chi connectivity index (χ1n) is 3.85. The van der Waals surface area contributed by atoms with Crippen LogP contribution < -0.4 is 11.5 Å². The number of carboxylic acids is 1. The van der Waals surface area contributed by atoms with Gasteiger partial charge in [-0.15, -0.1) is 0 Å². The standard InChI is InChI=1S/C7H16N2O3/c1-4(2-5(10)3-8)6(9)7(11)12/h4-6,10H,2-3,8-9H2,1H3,(H,11,12)/t4?,5?,6-/m0/s1. The van der Waals surface area contributed by atoms with Gasteiger partial charge < -0.3 is 21.7 Å². The largest absolute Gasteiger partial charge is 0.480 e. The smallest absolute Gasteiger partial charge is 0.320 e. The van der Waals surface area contributed by atoms with Crippen LogP contribution in [0.25, 0.3) is 0 Å². The van der Waals surface area contributed by atoms with E-state index in [-0.39, 0.29) is 12.5 Å². The second-order valence-corrected chi connectivity index (χ2v) is 2.97. The van der Waals surface area contributed by atoms with Crippen molar-refractivity contribution in [3.05, 3.63) is 0 Å². The predicted octanol–water partition coefficient (Wildman–Crippen LogP) is -1.26. The van der Waals surface area contributed by atoms with Gasteiger partial charge in [0.1, 0.15) is 6.04 Å². The van der Waals surface area contributed by atoms with Crippen molar-refractivity contribution in [3.8, 4) is 0 Å². The first-order valence-corrected chi connectivity index (χ1v) is 3.85. The Morgan fingerprint density at radius 2 is 2.08 bits per heavy atom. The van der Waals surface area contributed by atoms with Crippen LogP contribution >= 0.6 is 0 Å². The highest BCUT2D eigenvalue weighted by molar-refractivity contribution is 5.73. The summed E-state index contributed by atoms with van der Waals surface area (Å²) in [7, 11) is 0. The summed E-state index contributed by atoms with van der Waals surface area (Å²) in [5, 5.41) is 17.6. The van der Waals surface area contributed by atoms with Crippen molar-refractivity contribution in [2.45, 2.75) is 25.5 Å². The van der Waals surface area contributed by atoms with E-state index in [1.807, 2.05) is 0 Å². The Morgan fingerprint density at radius 1 is 1.58 bits per heavy atom. The molecule has 0 heterocycles. The molecule has 0 saturated carbocycles. The second kappa shape index (κ2) is 5.08. The van der Waals surface area contributed by atoms with Crippen LogP contribution in [0.3, 0.4) is 0 Å². The van der Waals surface area contributed by atoms with Crippen molar-refractivity contribution in [2.75, 3.05) is 6.54 Å². The lowest BCUT2D eigenvalue weighted by molar-refractivity contribution is -0.139. The maximum Gasteiger partial charge on any atom is 0.320 e. The SMILES string of the molecule is CC(CC(O)CN)[C@H](N)C(=O)O. The maximum absolute atomic E-state index is 10.4. The van der Waals surface area contributed by atoms with Crippen molar-refractivity contribution >= 4 is 5.97 Å². The Bertz CT molecular complexity index is 152. The van der Waals surface area contributed by atoms with Gasteiger partial charge in [0.15, 0.2) is 0 Å². The highest BCUT2D eigenvalue weighted by Crippen LogP contribution is 2.08. The van der Waals surface area contributed by atoms with E-state index in [4.69, 9.17) is 21.7 Å². The summed E-state index contributed by atoms with van der Waals surface area (Å²) in [6.45, 7) is 1.81. The molecule has 5 heteroatoms. The Balaban J connectivity index is 3.86. The second-order valence-electron chi connectivity index (χ2n) is 2.97. The van der Waals surface area contributed by atoms with Crippen LogP contribution in [0.5, 0.6) is 0 Å². The maximum atomic E-state index is 10.4. The van der Waals surface area contributed by atoms with Crippen LogP contribution in [-0.4, -0.2) is 34.9 Å². The van der Waals surface area contributed by atoms with E-state index >= 15 is 0 Å². The average molecular weight is 176 g/mol. The number of hydrogen-bond acceptors (Lipinski definition) is 4. The molecule has 0 aromatic heterocycles. The fourth-order valence-corrected chi connectivity index (χ4v) is 0.915. The van der Waals surface area contributed by atoms with Gasteiger partial charge in [0, 0.05) is 6.54 Å². The van der Waals surface area contributed by atoms with E-state index in [2.05, 4.69) is 0 Å². The van der Waals surface area contributed by atoms with Crippen molar-refractivity contribution in [3.63, 3.8) is 0 Å². The molecule has 0 radical (unpaired) electrons. The van der Waals surface area contributed by atoms with Gasteiger partial charge in [-0.25, -0.2) is 0 Å². The third-order valence-corrected chi connectivity index (χ3v) is 1.81. The van der Waals surface area contributed by atoms with E-state index < -0.39 is 18.1 Å². The quantitative estimate of drug-likeness (QED) is 0.418. The number of hydrogen-bond donors (Lipinski definition) is 4. The molecular weight excluding hydrogens is 160 g/mol. The summed E-state index contributed by atoms with van der Waals surface area (Å²) in [6.07, 6.45) is -0.338. The highest BCUT2D eigenvalue weighted by atomic mass is 16.4. The lowest BCUT2D eigenvalue weighted by Gasteiger charge is -2.18. The molecule has 0 fully saturated rings. The molecule has 0 aliphatic carbocycles. The summed E-state index contributed by atoms with van der Waals surface area (Å²) in [4.78, 5) is 10.4. The molecule has 72 valence electrons. The van der Waals surface area contributed by atoms with E-state index in [9.17, 15) is 4.79 Å². The minimum absolute atomic E-state index is 0.136. The van der Waals surface area contributed by atoms with Crippen LogP contribution in [0, 0.1) is 5.92 Å². The van der Waals surface area contributed by atoms with Gasteiger partial charge >= 0.3 is 5.97 Å². The first-order chi connectivity index (χ1) is 5.49. The number of carbonyl (C=O) groups is 1. The van der Waals surface area contributed by atoms with E-state index in [0.717, 1.165) is 0 Å². The lowest BCUT2D eigenvalue weighted by atomic mass is 9.96. The molecule has 2 unspecified atom stereocenters. The normalized spacial score (nSPS) is 18.3. The van der Waals surface area contributed by atoms with E-state index in [0.29, 0.717) is 6.42 Å². The molecule has 0 aliphatic heterocycles. The molecule has 0 saturated heterocycles. The van der Waals surface area contributed by atoms with Gasteiger partial charge in [-0.3, -0.25) is 4.79 Å². The van der Waals surface area contributed by atoms with Crippen LogP contribution in [-0.2, 0) is 4.79 Å². The molecule has 0 aromatic rings. The molecule has 12 heavy (non-hydrogen) atoms. The molecule has 0 spiro atoms. The number of carboxylic acid groups (broad SMARTS) is 1. The fourth-order valence-electron chi connectivity index (χ4n) is 0.915. The van der Waals surface area contributed by atoms with Gasteiger partial charge in [0.25, 0.3) is 0 Å².